The van der Waals surface area contributed by atoms with Crippen LogP contribution in [0.4, 0.5) is 4.79 Å². The zero-order valence-electron chi connectivity index (χ0n) is 9.81. The van der Waals surface area contributed by atoms with Crippen molar-refractivity contribution in [3.05, 3.63) is 12.2 Å². The Morgan fingerprint density at radius 3 is 2.36 bits per heavy atom. The minimum atomic E-state index is -0.379. The summed E-state index contributed by atoms with van der Waals surface area (Å²) in [4.78, 5) is 11.2. The molecule has 0 aromatic carbocycles. The van der Waals surface area contributed by atoms with Crippen LogP contribution in [0.1, 0.15) is 34.6 Å². The van der Waals surface area contributed by atoms with Crippen molar-refractivity contribution in [2.75, 3.05) is 6.61 Å². The molecule has 0 aliphatic rings. The van der Waals surface area contributed by atoms with E-state index in [4.69, 9.17) is 4.74 Å². The molecular formula is C11H21NO2. The molecular weight excluding hydrogens is 178 g/mol. The van der Waals surface area contributed by atoms with Gasteiger partial charge in [0.2, 0.25) is 0 Å². The third kappa shape index (κ3) is 6.52. The van der Waals surface area contributed by atoms with Gasteiger partial charge in [0.1, 0.15) is 0 Å². The van der Waals surface area contributed by atoms with Crippen LogP contribution in [0, 0.1) is 5.41 Å². The number of ether oxygens (including phenoxy) is 1. The predicted octanol–water partition coefficient (Wildman–Crippen LogP) is 2.72. The maximum absolute atomic E-state index is 11.2. The van der Waals surface area contributed by atoms with Crippen LogP contribution in [0.5, 0.6) is 0 Å². The zero-order valence-corrected chi connectivity index (χ0v) is 9.81. The SMILES string of the molecule is C=C(C)[C@@H](C)NC(=O)OCC(C)(C)C. The summed E-state index contributed by atoms with van der Waals surface area (Å²) in [6, 6.07) is -0.0394. The largest absolute Gasteiger partial charge is 0.449 e. The van der Waals surface area contributed by atoms with E-state index >= 15 is 0 Å². The second-order valence-corrected chi connectivity index (χ2v) is 4.85. The van der Waals surface area contributed by atoms with E-state index in [0.717, 1.165) is 5.57 Å². The van der Waals surface area contributed by atoms with Gasteiger partial charge in [0.15, 0.2) is 0 Å². The lowest BCUT2D eigenvalue weighted by Crippen LogP contribution is -2.35. The van der Waals surface area contributed by atoms with E-state index in [0.29, 0.717) is 6.61 Å². The lowest BCUT2D eigenvalue weighted by atomic mass is 9.99. The van der Waals surface area contributed by atoms with E-state index in [2.05, 4.69) is 11.9 Å². The maximum Gasteiger partial charge on any atom is 0.407 e. The molecule has 0 fully saturated rings. The molecule has 1 amide bonds. The van der Waals surface area contributed by atoms with Crippen molar-refractivity contribution in [3.8, 4) is 0 Å². The lowest BCUT2D eigenvalue weighted by molar-refractivity contribution is 0.105. The summed E-state index contributed by atoms with van der Waals surface area (Å²) in [5.41, 5.74) is 0.918. The van der Waals surface area contributed by atoms with Gasteiger partial charge in [-0.3, -0.25) is 0 Å². The van der Waals surface area contributed by atoms with Crippen molar-refractivity contribution in [1.29, 1.82) is 0 Å². The second-order valence-electron chi connectivity index (χ2n) is 4.85. The van der Waals surface area contributed by atoms with Crippen LogP contribution in [-0.4, -0.2) is 18.7 Å². The Kier molecular flexibility index (Phi) is 4.68. The van der Waals surface area contributed by atoms with Crippen LogP contribution in [0.15, 0.2) is 12.2 Å². The van der Waals surface area contributed by atoms with Crippen LogP contribution in [0.2, 0.25) is 0 Å². The molecule has 0 heterocycles. The first-order valence-electron chi connectivity index (χ1n) is 4.81. The minimum Gasteiger partial charge on any atom is -0.449 e. The Morgan fingerprint density at radius 1 is 1.50 bits per heavy atom. The Balaban J connectivity index is 3.83. The molecule has 0 aliphatic carbocycles. The fourth-order valence-corrected chi connectivity index (χ4v) is 0.624. The van der Waals surface area contributed by atoms with Crippen LogP contribution >= 0.6 is 0 Å². The van der Waals surface area contributed by atoms with E-state index in [1.54, 1.807) is 0 Å². The number of rotatable bonds is 3. The number of carbonyl (C=O) groups is 1. The molecule has 0 saturated carbocycles. The van der Waals surface area contributed by atoms with Gasteiger partial charge in [0.25, 0.3) is 0 Å². The van der Waals surface area contributed by atoms with Crippen LogP contribution in [-0.2, 0) is 4.74 Å². The highest BCUT2D eigenvalue weighted by molar-refractivity contribution is 5.68. The Morgan fingerprint density at radius 2 is 2.00 bits per heavy atom. The first-order valence-corrected chi connectivity index (χ1v) is 4.81. The quantitative estimate of drug-likeness (QED) is 0.710. The van der Waals surface area contributed by atoms with Gasteiger partial charge in [-0.1, -0.05) is 32.9 Å². The highest BCUT2D eigenvalue weighted by Crippen LogP contribution is 2.12. The summed E-state index contributed by atoms with van der Waals surface area (Å²) in [7, 11) is 0. The van der Waals surface area contributed by atoms with Crippen LogP contribution in [0.25, 0.3) is 0 Å². The van der Waals surface area contributed by atoms with Gasteiger partial charge in [0.05, 0.1) is 12.6 Å². The zero-order chi connectivity index (χ0) is 11.4. The molecule has 0 saturated heterocycles. The predicted molar refractivity (Wildman–Crippen MR) is 58.2 cm³/mol. The molecule has 3 heteroatoms. The van der Waals surface area contributed by atoms with Gasteiger partial charge in [-0.25, -0.2) is 4.79 Å². The molecule has 0 unspecified atom stereocenters. The van der Waals surface area contributed by atoms with Gasteiger partial charge < -0.3 is 10.1 Å². The summed E-state index contributed by atoms with van der Waals surface area (Å²) in [6.07, 6.45) is -0.379. The Bertz CT molecular complexity index is 216. The van der Waals surface area contributed by atoms with Gasteiger partial charge in [-0.15, -0.1) is 0 Å². The third-order valence-electron chi connectivity index (χ3n) is 1.71. The number of amides is 1. The molecule has 0 aliphatic heterocycles. The summed E-state index contributed by atoms with van der Waals surface area (Å²) in [5.74, 6) is 0. The van der Waals surface area contributed by atoms with Gasteiger partial charge in [-0.2, -0.15) is 0 Å². The van der Waals surface area contributed by atoms with Crippen LogP contribution < -0.4 is 5.32 Å². The average molecular weight is 199 g/mol. The van der Waals surface area contributed by atoms with Crippen molar-refractivity contribution in [3.63, 3.8) is 0 Å². The molecule has 0 rings (SSSR count). The van der Waals surface area contributed by atoms with Gasteiger partial charge in [0, 0.05) is 0 Å². The van der Waals surface area contributed by atoms with E-state index in [1.165, 1.54) is 0 Å². The molecule has 3 nitrogen and oxygen atoms in total. The normalized spacial score (nSPS) is 13.2. The lowest BCUT2D eigenvalue weighted by Gasteiger charge is -2.19. The second kappa shape index (κ2) is 5.03. The van der Waals surface area contributed by atoms with Crippen molar-refractivity contribution in [1.82, 2.24) is 5.32 Å². The average Bonchev–Trinajstić information content (AvgIpc) is 1.99. The van der Waals surface area contributed by atoms with E-state index in [9.17, 15) is 4.79 Å². The van der Waals surface area contributed by atoms with Crippen molar-refractivity contribution in [2.24, 2.45) is 5.41 Å². The van der Waals surface area contributed by atoms with Crippen molar-refractivity contribution >= 4 is 6.09 Å². The van der Waals surface area contributed by atoms with E-state index in [-0.39, 0.29) is 17.6 Å². The minimum absolute atomic E-state index is 0.00377. The van der Waals surface area contributed by atoms with Gasteiger partial charge >= 0.3 is 6.09 Å². The smallest absolute Gasteiger partial charge is 0.407 e. The molecule has 0 aromatic rings. The summed E-state index contributed by atoms with van der Waals surface area (Å²) in [5, 5.41) is 2.69. The highest BCUT2D eigenvalue weighted by Gasteiger charge is 2.14. The topological polar surface area (TPSA) is 38.3 Å². The van der Waals surface area contributed by atoms with E-state index in [1.807, 2.05) is 34.6 Å². The highest BCUT2D eigenvalue weighted by atomic mass is 16.5. The summed E-state index contributed by atoms with van der Waals surface area (Å²) in [6.45, 7) is 14.0. The molecule has 1 N–H and O–H groups in total. The first kappa shape index (κ1) is 13.0. The summed E-state index contributed by atoms with van der Waals surface area (Å²) >= 11 is 0. The van der Waals surface area contributed by atoms with Crippen molar-refractivity contribution in [2.45, 2.75) is 40.7 Å². The molecule has 0 spiro atoms. The molecule has 1 atom stereocenters. The van der Waals surface area contributed by atoms with E-state index < -0.39 is 0 Å². The fourth-order valence-electron chi connectivity index (χ4n) is 0.624. The number of hydrogen-bond acceptors (Lipinski definition) is 2. The van der Waals surface area contributed by atoms with Gasteiger partial charge in [-0.05, 0) is 19.3 Å². The molecule has 82 valence electrons. The Labute approximate surface area is 86.5 Å². The van der Waals surface area contributed by atoms with Crippen molar-refractivity contribution < 1.29 is 9.53 Å². The van der Waals surface area contributed by atoms with Crippen LogP contribution in [0.3, 0.4) is 0 Å². The molecule has 14 heavy (non-hydrogen) atoms. The number of alkyl carbamates (subject to hydrolysis) is 1. The fraction of sp³-hybridized carbons (Fsp3) is 0.727. The monoisotopic (exact) mass is 199 g/mol. The molecule has 0 radical (unpaired) electrons. The maximum atomic E-state index is 11.2. The number of nitrogens with one attached hydrogen (secondary N) is 1. The standard InChI is InChI=1S/C11H21NO2/c1-8(2)9(3)12-10(13)14-7-11(4,5)6/h9H,1,7H2,2-6H3,(H,12,13)/t9-/m1/s1. The third-order valence-corrected chi connectivity index (χ3v) is 1.71. The first-order chi connectivity index (χ1) is 6.22. The molecule has 0 bridgehead atoms. The molecule has 0 aromatic heterocycles. The summed E-state index contributed by atoms with van der Waals surface area (Å²) < 4.78 is 5.04. The Hall–Kier alpha value is -0.990. The number of hydrogen-bond donors (Lipinski definition) is 1. The number of carbonyl (C=O) groups excluding carboxylic acids is 1.